The lowest BCUT2D eigenvalue weighted by Crippen LogP contribution is -2.38. The van der Waals surface area contributed by atoms with E-state index in [1.165, 1.54) is 11.2 Å². The standard InChI is InChI=1S/C13H20N2O2/c1-6-7-8-13(3,4)11(16)15(5)12-14-10(2)9-17-12/h6,9H,1,7-8H2,2-5H3. The summed E-state index contributed by atoms with van der Waals surface area (Å²) < 4.78 is 5.22. The highest BCUT2D eigenvalue weighted by Gasteiger charge is 2.31. The molecule has 1 amide bonds. The SMILES string of the molecule is C=CCCC(C)(C)C(=O)N(C)c1nc(C)co1. The molecule has 0 unspecified atom stereocenters. The maximum absolute atomic E-state index is 12.3. The van der Waals surface area contributed by atoms with Crippen molar-refractivity contribution in [3.05, 3.63) is 24.6 Å². The lowest BCUT2D eigenvalue weighted by atomic mass is 9.86. The number of rotatable bonds is 5. The van der Waals surface area contributed by atoms with Crippen molar-refractivity contribution in [2.75, 3.05) is 11.9 Å². The van der Waals surface area contributed by atoms with Crippen LogP contribution >= 0.6 is 0 Å². The largest absolute Gasteiger partial charge is 0.431 e. The summed E-state index contributed by atoms with van der Waals surface area (Å²) in [7, 11) is 1.68. The Bertz CT molecular complexity index is 407. The topological polar surface area (TPSA) is 46.3 Å². The zero-order chi connectivity index (χ0) is 13.1. The van der Waals surface area contributed by atoms with Gasteiger partial charge in [-0.2, -0.15) is 4.98 Å². The molecule has 0 spiro atoms. The van der Waals surface area contributed by atoms with Crippen LogP contribution in [0.25, 0.3) is 0 Å². The van der Waals surface area contributed by atoms with Crippen LogP contribution in [0.3, 0.4) is 0 Å². The highest BCUT2D eigenvalue weighted by Crippen LogP contribution is 2.27. The molecule has 0 bridgehead atoms. The second-order valence-corrected chi connectivity index (χ2v) is 4.85. The number of amides is 1. The minimum absolute atomic E-state index is 0.00111. The zero-order valence-electron chi connectivity index (χ0n) is 11.0. The van der Waals surface area contributed by atoms with Gasteiger partial charge < -0.3 is 4.42 Å². The molecule has 94 valence electrons. The second kappa shape index (κ2) is 5.17. The van der Waals surface area contributed by atoms with Gasteiger partial charge in [-0.1, -0.05) is 19.9 Å². The molecule has 4 heteroatoms. The van der Waals surface area contributed by atoms with Gasteiger partial charge in [-0.05, 0) is 19.8 Å². The third-order valence-electron chi connectivity index (χ3n) is 2.75. The van der Waals surface area contributed by atoms with Gasteiger partial charge in [-0.25, -0.2) is 0 Å². The number of anilines is 1. The van der Waals surface area contributed by atoms with Crippen LogP contribution < -0.4 is 4.90 Å². The molecule has 17 heavy (non-hydrogen) atoms. The van der Waals surface area contributed by atoms with Gasteiger partial charge in [0.2, 0.25) is 5.91 Å². The molecule has 0 aliphatic carbocycles. The first-order chi connectivity index (χ1) is 7.88. The van der Waals surface area contributed by atoms with Crippen LogP contribution in [0.1, 0.15) is 32.4 Å². The predicted molar refractivity (Wildman–Crippen MR) is 67.9 cm³/mol. The van der Waals surface area contributed by atoms with Crippen LogP contribution in [0, 0.1) is 12.3 Å². The fraction of sp³-hybridized carbons (Fsp3) is 0.538. The summed E-state index contributed by atoms with van der Waals surface area (Å²) in [6.45, 7) is 9.34. The van der Waals surface area contributed by atoms with Gasteiger partial charge in [0.15, 0.2) is 0 Å². The number of aryl methyl sites for hydroxylation is 1. The van der Waals surface area contributed by atoms with Crippen LogP contribution in [-0.2, 0) is 4.79 Å². The zero-order valence-corrected chi connectivity index (χ0v) is 11.0. The number of hydrogen-bond donors (Lipinski definition) is 0. The molecule has 1 heterocycles. The van der Waals surface area contributed by atoms with Crippen LogP contribution in [-0.4, -0.2) is 17.9 Å². The molecule has 0 radical (unpaired) electrons. The molecule has 0 saturated heterocycles. The normalized spacial score (nSPS) is 11.3. The van der Waals surface area contributed by atoms with E-state index in [1.807, 2.05) is 26.8 Å². The predicted octanol–water partition coefficient (Wildman–Crippen LogP) is 2.94. The Balaban J connectivity index is 2.78. The average molecular weight is 236 g/mol. The molecule has 0 saturated carbocycles. The van der Waals surface area contributed by atoms with Crippen molar-refractivity contribution in [3.63, 3.8) is 0 Å². The molecule has 0 fully saturated rings. The minimum Gasteiger partial charge on any atom is -0.431 e. The first kappa shape index (κ1) is 13.5. The van der Waals surface area contributed by atoms with Gasteiger partial charge >= 0.3 is 6.01 Å². The quantitative estimate of drug-likeness (QED) is 0.738. The summed E-state index contributed by atoms with van der Waals surface area (Å²) in [5, 5.41) is 0. The monoisotopic (exact) mass is 236 g/mol. The molecule has 0 N–H and O–H groups in total. The van der Waals surface area contributed by atoms with E-state index in [2.05, 4.69) is 11.6 Å². The van der Waals surface area contributed by atoms with Crippen molar-refractivity contribution < 1.29 is 9.21 Å². The van der Waals surface area contributed by atoms with Crippen LogP contribution in [0.15, 0.2) is 23.3 Å². The summed E-state index contributed by atoms with van der Waals surface area (Å²) >= 11 is 0. The van der Waals surface area contributed by atoms with E-state index >= 15 is 0 Å². The molecule has 0 aliphatic rings. The van der Waals surface area contributed by atoms with Crippen molar-refractivity contribution in [1.82, 2.24) is 4.98 Å². The molecular weight excluding hydrogens is 216 g/mol. The Morgan fingerprint density at radius 1 is 1.65 bits per heavy atom. The summed E-state index contributed by atoms with van der Waals surface area (Å²) in [5.41, 5.74) is 0.328. The minimum atomic E-state index is -0.439. The summed E-state index contributed by atoms with van der Waals surface area (Å²) in [4.78, 5) is 17.9. The fourth-order valence-electron chi connectivity index (χ4n) is 1.61. The Kier molecular flexibility index (Phi) is 4.10. The smallest absolute Gasteiger partial charge is 0.304 e. The van der Waals surface area contributed by atoms with Crippen molar-refractivity contribution in [1.29, 1.82) is 0 Å². The number of hydrogen-bond acceptors (Lipinski definition) is 3. The molecule has 1 rings (SSSR count). The average Bonchev–Trinajstić information content (AvgIpc) is 2.71. The fourth-order valence-corrected chi connectivity index (χ4v) is 1.61. The summed E-state index contributed by atoms with van der Waals surface area (Å²) in [6.07, 6.45) is 4.94. The molecular formula is C13H20N2O2. The van der Waals surface area contributed by atoms with Gasteiger partial charge in [0, 0.05) is 12.5 Å². The van der Waals surface area contributed by atoms with E-state index in [1.54, 1.807) is 7.05 Å². The number of nitrogens with zero attached hydrogens (tertiary/aromatic N) is 2. The Labute approximate surface area is 102 Å². The Morgan fingerprint density at radius 2 is 2.29 bits per heavy atom. The maximum atomic E-state index is 12.3. The number of carbonyl (C=O) groups excluding carboxylic acids is 1. The third-order valence-corrected chi connectivity index (χ3v) is 2.75. The molecule has 0 aliphatic heterocycles. The van der Waals surface area contributed by atoms with Crippen molar-refractivity contribution in [2.24, 2.45) is 5.41 Å². The van der Waals surface area contributed by atoms with E-state index in [0.29, 0.717) is 6.01 Å². The summed E-state index contributed by atoms with van der Waals surface area (Å²) in [5.74, 6) is 0.00111. The Morgan fingerprint density at radius 3 is 2.76 bits per heavy atom. The van der Waals surface area contributed by atoms with E-state index in [9.17, 15) is 4.79 Å². The highest BCUT2D eigenvalue weighted by molar-refractivity contribution is 5.94. The number of carbonyl (C=O) groups is 1. The number of allylic oxidation sites excluding steroid dienone is 1. The van der Waals surface area contributed by atoms with Crippen LogP contribution in [0.4, 0.5) is 6.01 Å². The maximum Gasteiger partial charge on any atom is 0.304 e. The lowest BCUT2D eigenvalue weighted by molar-refractivity contribution is -0.126. The Hall–Kier alpha value is -1.58. The molecule has 4 nitrogen and oxygen atoms in total. The van der Waals surface area contributed by atoms with Gasteiger partial charge in [0.05, 0.1) is 5.69 Å². The van der Waals surface area contributed by atoms with Gasteiger partial charge in [0.25, 0.3) is 0 Å². The number of oxazole rings is 1. The summed E-state index contributed by atoms with van der Waals surface area (Å²) in [6, 6.07) is 0.346. The van der Waals surface area contributed by atoms with E-state index in [0.717, 1.165) is 18.5 Å². The lowest BCUT2D eigenvalue weighted by Gasteiger charge is -2.26. The second-order valence-electron chi connectivity index (χ2n) is 4.85. The van der Waals surface area contributed by atoms with Gasteiger partial charge in [0.1, 0.15) is 6.26 Å². The van der Waals surface area contributed by atoms with E-state index in [-0.39, 0.29) is 5.91 Å². The van der Waals surface area contributed by atoms with Gasteiger partial charge in [-0.3, -0.25) is 9.69 Å². The number of aromatic nitrogens is 1. The van der Waals surface area contributed by atoms with E-state index < -0.39 is 5.41 Å². The van der Waals surface area contributed by atoms with Crippen molar-refractivity contribution in [2.45, 2.75) is 33.6 Å². The van der Waals surface area contributed by atoms with Crippen molar-refractivity contribution >= 4 is 11.9 Å². The van der Waals surface area contributed by atoms with Gasteiger partial charge in [-0.15, -0.1) is 6.58 Å². The van der Waals surface area contributed by atoms with Crippen molar-refractivity contribution in [3.8, 4) is 0 Å². The first-order valence-electron chi connectivity index (χ1n) is 5.69. The highest BCUT2D eigenvalue weighted by atomic mass is 16.4. The molecule has 1 aromatic rings. The van der Waals surface area contributed by atoms with E-state index in [4.69, 9.17) is 4.42 Å². The first-order valence-corrected chi connectivity index (χ1v) is 5.69. The third kappa shape index (κ3) is 3.19. The van der Waals surface area contributed by atoms with Crippen LogP contribution in [0.5, 0.6) is 0 Å². The molecule has 1 aromatic heterocycles. The molecule has 0 atom stereocenters. The van der Waals surface area contributed by atoms with Crippen LogP contribution in [0.2, 0.25) is 0 Å². The molecule has 0 aromatic carbocycles.